The number of carbonyl (C=O) groups is 1. The van der Waals surface area contributed by atoms with Gasteiger partial charge in [0.1, 0.15) is 0 Å². The lowest BCUT2D eigenvalue weighted by atomic mass is 9.96. The smallest absolute Gasteiger partial charge is 0.317 e. The number of halogens is 1. The highest BCUT2D eigenvalue weighted by Crippen LogP contribution is 2.32. The number of carbonyl (C=O) groups excluding carboxylic acids is 1. The lowest BCUT2D eigenvalue weighted by Gasteiger charge is -2.29. The maximum atomic E-state index is 13.3. The van der Waals surface area contributed by atoms with Crippen molar-refractivity contribution in [2.45, 2.75) is 12.6 Å². The largest absolute Gasteiger partial charge is 0.403 e. The van der Waals surface area contributed by atoms with Crippen LogP contribution < -0.4 is 10.2 Å². The van der Waals surface area contributed by atoms with Crippen LogP contribution >= 0.6 is 11.6 Å². The number of ether oxygens (including phenoxy) is 1. The Morgan fingerprint density at radius 3 is 2.49 bits per heavy atom. The average molecular weight is 514 g/mol. The molecule has 0 radical (unpaired) electrons. The molecule has 8 nitrogen and oxygen atoms in total. The summed E-state index contributed by atoms with van der Waals surface area (Å²) in [5.41, 5.74) is 4.98. The molecular weight excluding hydrogens is 490 g/mol. The molecule has 6 rings (SSSR count). The summed E-state index contributed by atoms with van der Waals surface area (Å²) in [4.78, 5) is 20.4. The monoisotopic (exact) mass is 513 g/mol. The zero-order valence-electron chi connectivity index (χ0n) is 19.9. The van der Waals surface area contributed by atoms with E-state index in [1.54, 1.807) is 6.07 Å². The van der Waals surface area contributed by atoms with Crippen LogP contribution in [0.2, 0.25) is 5.02 Å². The van der Waals surface area contributed by atoms with Gasteiger partial charge in [0.05, 0.1) is 24.5 Å². The lowest BCUT2D eigenvalue weighted by Crippen LogP contribution is -2.36. The van der Waals surface area contributed by atoms with Crippen LogP contribution in [0.4, 0.5) is 11.7 Å². The van der Waals surface area contributed by atoms with E-state index in [0.29, 0.717) is 29.8 Å². The fraction of sp³-hybridized carbons (Fsp3) is 0.214. The summed E-state index contributed by atoms with van der Waals surface area (Å²) >= 11 is 6.51. The number of fused-ring (bicyclic) bond motifs is 1. The van der Waals surface area contributed by atoms with Gasteiger partial charge in [-0.1, -0.05) is 71.3 Å². The number of hydrogen-bond donors (Lipinski definition) is 1. The summed E-state index contributed by atoms with van der Waals surface area (Å²) in [5.74, 6) is 0.220. The molecule has 9 heteroatoms. The number of rotatable bonds is 5. The zero-order valence-corrected chi connectivity index (χ0v) is 20.7. The Morgan fingerprint density at radius 2 is 1.65 bits per heavy atom. The minimum Gasteiger partial charge on any atom is -0.403 e. The van der Waals surface area contributed by atoms with Crippen LogP contribution in [0.3, 0.4) is 0 Å². The number of nitrogens with zero attached hydrogens (tertiary/aromatic N) is 4. The molecule has 3 aromatic carbocycles. The van der Waals surface area contributed by atoms with E-state index in [9.17, 15) is 4.79 Å². The summed E-state index contributed by atoms with van der Waals surface area (Å²) < 4.78 is 11.5. The topological polar surface area (TPSA) is 92.9 Å². The van der Waals surface area contributed by atoms with Crippen LogP contribution in [0.25, 0.3) is 11.5 Å². The van der Waals surface area contributed by atoms with Crippen molar-refractivity contribution in [2.24, 2.45) is 4.99 Å². The van der Waals surface area contributed by atoms with E-state index >= 15 is 0 Å². The Hall–Kier alpha value is -4.01. The third-order valence-electron chi connectivity index (χ3n) is 6.51. The van der Waals surface area contributed by atoms with E-state index < -0.39 is 6.17 Å². The second-order valence-electron chi connectivity index (χ2n) is 8.83. The average Bonchev–Trinajstić information content (AvgIpc) is 3.36. The van der Waals surface area contributed by atoms with Crippen molar-refractivity contribution in [3.63, 3.8) is 0 Å². The zero-order chi connectivity index (χ0) is 25.2. The van der Waals surface area contributed by atoms with Crippen molar-refractivity contribution in [2.75, 3.05) is 36.5 Å². The third kappa shape index (κ3) is 4.73. The van der Waals surface area contributed by atoms with Crippen LogP contribution in [0.15, 0.2) is 82.2 Å². The van der Waals surface area contributed by atoms with Crippen molar-refractivity contribution in [3.05, 3.63) is 94.5 Å². The van der Waals surface area contributed by atoms with Crippen LogP contribution in [-0.2, 0) is 16.0 Å². The molecule has 0 bridgehead atoms. The lowest BCUT2D eigenvalue weighted by molar-refractivity contribution is -0.119. The fourth-order valence-electron chi connectivity index (χ4n) is 4.68. The molecule has 0 saturated carbocycles. The van der Waals surface area contributed by atoms with Crippen molar-refractivity contribution in [1.29, 1.82) is 0 Å². The van der Waals surface area contributed by atoms with E-state index in [2.05, 4.69) is 20.4 Å². The predicted octanol–water partition coefficient (Wildman–Crippen LogP) is 4.63. The first kappa shape index (κ1) is 23.4. The quantitative estimate of drug-likeness (QED) is 0.416. The summed E-state index contributed by atoms with van der Waals surface area (Å²) in [7, 11) is 0. The number of anilines is 2. The first-order valence-corrected chi connectivity index (χ1v) is 12.5. The third-order valence-corrected chi connectivity index (χ3v) is 6.86. The van der Waals surface area contributed by atoms with Crippen molar-refractivity contribution >= 4 is 34.8 Å². The maximum absolute atomic E-state index is 13.3. The Labute approximate surface area is 218 Å². The van der Waals surface area contributed by atoms with E-state index in [-0.39, 0.29) is 18.2 Å². The number of nitrogens with one attached hydrogen (secondary N) is 1. The normalized spacial score (nSPS) is 17.6. The summed E-state index contributed by atoms with van der Waals surface area (Å²) in [6, 6.07) is 23.4. The number of Topliss-reactive ketones (excluding diaryl/α,β-unsaturated/α-hetero) is 1. The molecule has 186 valence electrons. The Bertz CT molecular complexity index is 1460. The molecule has 37 heavy (non-hydrogen) atoms. The summed E-state index contributed by atoms with van der Waals surface area (Å²) in [6.07, 6.45) is -0.783. The van der Waals surface area contributed by atoms with Gasteiger partial charge < -0.3 is 19.4 Å². The van der Waals surface area contributed by atoms with Gasteiger partial charge in [0.25, 0.3) is 5.89 Å². The van der Waals surface area contributed by atoms with Gasteiger partial charge in [-0.3, -0.25) is 9.79 Å². The van der Waals surface area contributed by atoms with Gasteiger partial charge >= 0.3 is 6.01 Å². The highest BCUT2D eigenvalue weighted by Gasteiger charge is 2.29. The number of para-hydroxylation sites is 1. The molecule has 2 aliphatic heterocycles. The predicted molar refractivity (Wildman–Crippen MR) is 142 cm³/mol. The van der Waals surface area contributed by atoms with Crippen molar-refractivity contribution in [3.8, 4) is 11.5 Å². The molecule has 4 aromatic rings. The number of benzene rings is 3. The number of aliphatic imine (C=N–C) groups is 1. The van der Waals surface area contributed by atoms with Crippen molar-refractivity contribution in [1.82, 2.24) is 10.2 Å². The van der Waals surface area contributed by atoms with Gasteiger partial charge in [0.15, 0.2) is 11.9 Å². The molecule has 1 atom stereocenters. The highest BCUT2D eigenvalue weighted by atomic mass is 35.5. The molecule has 1 aromatic heterocycles. The van der Waals surface area contributed by atoms with E-state index in [4.69, 9.17) is 25.7 Å². The van der Waals surface area contributed by atoms with Crippen LogP contribution in [0.1, 0.15) is 16.7 Å². The molecule has 0 amide bonds. The Balaban J connectivity index is 1.33. The van der Waals surface area contributed by atoms with Gasteiger partial charge in [-0.25, -0.2) is 0 Å². The van der Waals surface area contributed by atoms with E-state index in [1.165, 1.54) is 0 Å². The molecule has 1 saturated heterocycles. The second kappa shape index (κ2) is 10.2. The van der Waals surface area contributed by atoms with Crippen LogP contribution in [0, 0.1) is 0 Å². The van der Waals surface area contributed by atoms with Crippen LogP contribution in [0.5, 0.6) is 0 Å². The van der Waals surface area contributed by atoms with Crippen molar-refractivity contribution < 1.29 is 13.9 Å². The first-order valence-electron chi connectivity index (χ1n) is 12.1. The minimum atomic E-state index is -0.915. The fourth-order valence-corrected chi connectivity index (χ4v) is 4.92. The van der Waals surface area contributed by atoms with Gasteiger partial charge in [0, 0.05) is 41.3 Å². The molecule has 0 aliphatic carbocycles. The molecule has 3 heterocycles. The van der Waals surface area contributed by atoms with Gasteiger partial charge in [-0.2, -0.15) is 0 Å². The summed E-state index contributed by atoms with van der Waals surface area (Å²) in [5, 5.41) is 12.0. The minimum absolute atomic E-state index is 0.123. The molecular formula is C28H24ClN5O3. The second-order valence-corrected chi connectivity index (χ2v) is 9.24. The highest BCUT2D eigenvalue weighted by molar-refractivity contribution is 6.32. The summed E-state index contributed by atoms with van der Waals surface area (Å²) in [6.45, 7) is 2.91. The molecule has 0 spiro atoms. The molecule has 2 aliphatic rings. The first-order chi connectivity index (χ1) is 18.2. The number of hydrogen-bond acceptors (Lipinski definition) is 8. The van der Waals surface area contributed by atoms with E-state index in [0.717, 1.165) is 41.0 Å². The standard InChI is InChI=1S/C28H24ClN5O3/c29-22-11-6-10-19-21(22)17-24(35)26(30-25(19)18-7-2-1-3-8-18)31-28-33-32-27(37-28)20-9-4-5-12-23(20)34-13-15-36-16-14-34/h1-12,26H,13-17H2,(H,31,33)/t26-/m1/s1. The van der Waals surface area contributed by atoms with Gasteiger partial charge in [-0.15, -0.1) is 5.10 Å². The number of ketones is 1. The Morgan fingerprint density at radius 1 is 0.892 bits per heavy atom. The molecule has 1 fully saturated rings. The van der Waals surface area contributed by atoms with E-state index in [1.807, 2.05) is 66.7 Å². The number of aromatic nitrogens is 2. The molecule has 0 unspecified atom stereocenters. The number of morpholine rings is 1. The SMILES string of the molecule is O=C1Cc2c(Cl)cccc2C(c2ccccc2)=N[C@@H]1Nc1nnc(-c2ccccc2N2CCOCC2)o1. The maximum Gasteiger partial charge on any atom is 0.317 e. The van der Waals surface area contributed by atoms with Crippen LogP contribution in [-0.4, -0.2) is 54.2 Å². The molecule has 1 N–H and O–H groups in total. The van der Waals surface area contributed by atoms with Gasteiger partial charge in [-0.05, 0) is 23.8 Å². The van der Waals surface area contributed by atoms with Gasteiger partial charge in [0.2, 0.25) is 0 Å². The Kier molecular flexibility index (Phi) is 6.42.